The zero-order chi connectivity index (χ0) is 10.1. The molecule has 2 nitrogen and oxygen atoms in total. The Morgan fingerprint density at radius 1 is 1.40 bits per heavy atom. The van der Waals surface area contributed by atoms with Crippen molar-refractivity contribution in [3.63, 3.8) is 0 Å². The van der Waals surface area contributed by atoms with E-state index in [0.717, 1.165) is 31.1 Å². The molecule has 0 aliphatic carbocycles. The van der Waals surface area contributed by atoms with Crippen molar-refractivity contribution in [2.75, 3.05) is 13.1 Å². The third kappa shape index (κ3) is 1.97. The third-order valence-corrected chi connectivity index (χ3v) is 4.42. The molecule has 3 rings (SSSR count). The molecule has 1 saturated heterocycles. The predicted octanol–water partition coefficient (Wildman–Crippen LogP) is 2.63. The van der Waals surface area contributed by atoms with E-state index in [2.05, 4.69) is 33.2 Å². The Hall–Kier alpha value is -0.710. The number of hydrogen-bond donors (Lipinski definition) is 1. The van der Waals surface area contributed by atoms with Crippen LogP contribution in [0, 0.1) is 5.92 Å². The van der Waals surface area contributed by atoms with Crippen LogP contribution in [0.4, 0.5) is 0 Å². The SMILES string of the molecule is c1csc(-c2csc(CC3CNC3)n2)c1. The van der Waals surface area contributed by atoms with Gasteiger partial charge in [-0.1, -0.05) is 6.07 Å². The number of thiophene rings is 1. The van der Waals surface area contributed by atoms with E-state index in [1.807, 2.05) is 0 Å². The van der Waals surface area contributed by atoms with Gasteiger partial charge in [0.15, 0.2) is 0 Å². The van der Waals surface area contributed by atoms with E-state index in [-0.39, 0.29) is 0 Å². The highest BCUT2D eigenvalue weighted by Crippen LogP contribution is 2.27. The molecule has 1 N–H and O–H groups in total. The van der Waals surface area contributed by atoms with Crippen LogP contribution in [0.1, 0.15) is 5.01 Å². The Labute approximate surface area is 97.0 Å². The van der Waals surface area contributed by atoms with Crippen LogP contribution in [0.2, 0.25) is 0 Å². The van der Waals surface area contributed by atoms with Crippen LogP contribution in [0.5, 0.6) is 0 Å². The molecule has 1 fully saturated rings. The van der Waals surface area contributed by atoms with Crippen LogP contribution < -0.4 is 5.32 Å². The van der Waals surface area contributed by atoms with Gasteiger partial charge in [0.1, 0.15) is 0 Å². The summed E-state index contributed by atoms with van der Waals surface area (Å²) in [4.78, 5) is 5.96. The summed E-state index contributed by atoms with van der Waals surface area (Å²) in [5.41, 5.74) is 1.15. The van der Waals surface area contributed by atoms with Crippen LogP contribution in [0.3, 0.4) is 0 Å². The van der Waals surface area contributed by atoms with E-state index in [0.29, 0.717) is 0 Å². The second-order valence-corrected chi connectivity index (χ2v) is 5.72. The van der Waals surface area contributed by atoms with Gasteiger partial charge in [0.05, 0.1) is 15.6 Å². The minimum Gasteiger partial charge on any atom is -0.316 e. The summed E-state index contributed by atoms with van der Waals surface area (Å²) in [7, 11) is 0. The average molecular weight is 236 g/mol. The Morgan fingerprint density at radius 3 is 3.00 bits per heavy atom. The summed E-state index contributed by atoms with van der Waals surface area (Å²) in [6.45, 7) is 2.32. The van der Waals surface area contributed by atoms with Gasteiger partial charge in [-0.2, -0.15) is 0 Å². The minimum absolute atomic E-state index is 0.812. The molecule has 0 radical (unpaired) electrons. The molecular formula is C11H12N2S2. The summed E-state index contributed by atoms with van der Waals surface area (Å²) < 4.78 is 0. The molecule has 15 heavy (non-hydrogen) atoms. The lowest BCUT2D eigenvalue weighted by Crippen LogP contribution is -2.43. The first kappa shape index (κ1) is 9.51. The maximum atomic E-state index is 4.68. The van der Waals surface area contributed by atoms with Gasteiger partial charge in [0.25, 0.3) is 0 Å². The van der Waals surface area contributed by atoms with Crippen LogP contribution in [0.15, 0.2) is 22.9 Å². The first-order valence-corrected chi connectivity index (χ1v) is 6.87. The Bertz CT molecular complexity index is 429. The largest absolute Gasteiger partial charge is 0.316 e. The van der Waals surface area contributed by atoms with Gasteiger partial charge in [-0.15, -0.1) is 22.7 Å². The highest BCUT2D eigenvalue weighted by Gasteiger charge is 2.18. The molecule has 0 atom stereocenters. The smallest absolute Gasteiger partial charge is 0.0936 e. The Kier molecular flexibility index (Phi) is 2.56. The van der Waals surface area contributed by atoms with E-state index in [1.165, 1.54) is 9.88 Å². The normalized spacial score (nSPS) is 16.5. The zero-order valence-corrected chi connectivity index (χ0v) is 9.90. The summed E-state index contributed by atoms with van der Waals surface area (Å²) >= 11 is 3.55. The number of aromatic nitrogens is 1. The van der Waals surface area contributed by atoms with Crippen molar-refractivity contribution in [3.8, 4) is 10.6 Å². The monoisotopic (exact) mass is 236 g/mol. The molecule has 0 aromatic carbocycles. The zero-order valence-electron chi connectivity index (χ0n) is 8.27. The van der Waals surface area contributed by atoms with Gasteiger partial charge in [-0.05, 0) is 30.5 Å². The lowest BCUT2D eigenvalue weighted by molar-refractivity contribution is 0.346. The second-order valence-electron chi connectivity index (χ2n) is 3.83. The van der Waals surface area contributed by atoms with Gasteiger partial charge in [0.2, 0.25) is 0 Å². The molecule has 0 spiro atoms. The van der Waals surface area contributed by atoms with Crippen molar-refractivity contribution < 1.29 is 0 Å². The van der Waals surface area contributed by atoms with E-state index in [9.17, 15) is 0 Å². The standard InChI is InChI=1S/C11H12N2S2/c1-2-10(14-3-1)9-7-15-11(13-9)4-8-5-12-6-8/h1-3,7-8,12H,4-6H2. The van der Waals surface area contributed by atoms with Crippen LogP contribution >= 0.6 is 22.7 Å². The van der Waals surface area contributed by atoms with Crippen LogP contribution in [0.25, 0.3) is 10.6 Å². The van der Waals surface area contributed by atoms with Crippen molar-refractivity contribution in [3.05, 3.63) is 27.9 Å². The fourth-order valence-corrected chi connectivity index (χ4v) is 3.35. The molecule has 78 valence electrons. The highest BCUT2D eigenvalue weighted by molar-refractivity contribution is 7.14. The fourth-order valence-electron chi connectivity index (χ4n) is 1.68. The van der Waals surface area contributed by atoms with Gasteiger partial charge in [0, 0.05) is 11.8 Å². The first-order valence-electron chi connectivity index (χ1n) is 5.11. The summed E-state index contributed by atoms with van der Waals surface area (Å²) in [6, 6.07) is 4.21. The molecule has 0 unspecified atom stereocenters. The number of nitrogens with zero attached hydrogens (tertiary/aromatic N) is 1. The van der Waals surface area contributed by atoms with Crippen LogP contribution in [-0.2, 0) is 6.42 Å². The summed E-state index contributed by atoms with van der Waals surface area (Å²) in [6.07, 6.45) is 1.14. The van der Waals surface area contributed by atoms with E-state index >= 15 is 0 Å². The Morgan fingerprint density at radius 2 is 2.33 bits per heavy atom. The number of hydrogen-bond acceptors (Lipinski definition) is 4. The molecular weight excluding hydrogens is 224 g/mol. The topological polar surface area (TPSA) is 24.9 Å². The molecule has 0 saturated carbocycles. The first-order chi connectivity index (χ1) is 7.42. The van der Waals surface area contributed by atoms with Gasteiger partial charge >= 0.3 is 0 Å². The Balaban J connectivity index is 1.75. The van der Waals surface area contributed by atoms with Crippen molar-refractivity contribution in [1.82, 2.24) is 10.3 Å². The molecule has 1 aliphatic heterocycles. The van der Waals surface area contributed by atoms with Crippen molar-refractivity contribution in [2.45, 2.75) is 6.42 Å². The van der Waals surface area contributed by atoms with Gasteiger partial charge < -0.3 is 5.32 Å². The number of rotatable bonds is 3. The quantitative estimate of drug-likeness (QED) is 0.886. The van der Waals surface area contributed by atoms with Gasteiger partial charge in [-0.25, -0.2) is 4.98 Å². The number of nitrogens with one attached hydrogen (secondary N) is 1. The molecule has 0 amide bonds. The van der Waals surface area contributed by atoms with E-state index in [1.54, 1.807) is 22.7 Å². The molecule has 2 aromatic rings. The average Bonchev–Trinajstić information content (AvgIpc) is 2.82. The van der Waals surface area contributed by atoms with E-state index in [4.69, 9.17) is 0 Å². The highest BCUT2D eigenvalue weighted by atomic mass is 32.1. The number of thiazole rings is 1. The second kappa shape index (κ2) is 4.04. The third-order valence-electron chi connectivity index (χ3n) is 2.65. The molecule has 2 aromatic heterocycles. The maximum Gasteiger partial charge on any atom is 0.0936 e. The van der Waals surface area contributed by atoms with Gasteiger partial charge in [-0.3, -0.25) is 0 Å². The molecule has 3 heterocycles. The maximum absolute atomic E-state index is 4.68. The van der Waals surface area contributed by atoms with E-state index < -0.39 is 0 Å². The lowest BCUT2D eigenvalue weighted by atomic mass is 10.0. The summed E-state index contributed by atoms with van der Waals surface area (Å²) in [5.74, 6) is 0.812. The fraction of sp³-hybridized carbons (Fsp3) is 0.364. The summed E-state index contributed by atoms with van der Waals surface area (Å²) in [5, 5.41) is 8.85. The minimum atomic E-state index is 0.812. The molecule has 1 aliphatic rings. The predicted molar refractivity (Wildman–Crippen MR) is 65.5 cm³/mol. The van der Waals surface area contributed by atoms with Crippen molar-refractivity contribution >= 4 is 22.7 Å². The molecule has 4 heteroatoms. The molecule has 0 bridgehead atoms. The van der Waals surface area contributed by atoms with Crippen LogP contribution in [-0.4, -0.2) is 18.1 Å². The van der Waals surface area contributed by atoms with Crippen molar-refractivity contribution in [1.29, 1.82) is 0 Å². The van der Waals surface area contributed by atoms with Crippen molar-refractivity contribution in [2.24, 2.45) is 5.92 Å². The lowest BCUT2D eigenvalue weighted by Gasteiger charge is -2.25.